The lowest BCUT2D eigenvalue weighted by atomic mass is 10.1. The van der Waals surface area contributed by atoms with Crippen molar-refractivity contribution < 1.29 is 21.5 Å². The Labute approximate surface area is 161 Å². The number of rotatable bonds is 1. The van der Waals surface area contributed by atoms with Crippen molar-refractivity contribution in [2.45, 2.75) is 6.54 Å². The molecule has 0 saturated carbocycles. The molecule has 0 saturated heterocycles. The Morgan fingerprint density at radius 2 is 1.60 bits per heavy atom. The predicted octanol–water partition coefficient (Wildman–Crippen LogP) is 1.48. The molecule has 0 N–H and O–H groups in total. The van der Waals surface area contributed by atoms with Crippen LogP contribution in [0.5, 0.6) is 0 Å². The zero-order valence-corrected chi connectivity index (χ0v) is 15.7. The number of aromatic nitrogens is 2. The smallest absolute Gasteiger partial charge is 0.291 e. The van der Waals surface area contributed by atoms with Crippen molar-refractivity contribution in [3.63, 3.8) is 0 Å². The van der Waals surface area contributed by atoms with Crippen molar-refractivity contribution in [1.82, 2.24) is 4.98 Å². The van der Waals surface area contributed by atoms with Crippen LogP contribution in [0.15, 0.2) is 66.9 Å². The standard InChI is InChI=1S/C20H15ClN3.BrH/c21-14-9-10-19(22-13-14)24-12-11-23-18-8-4-3-6-16(18)15-5-1-2-7-17(15)20(23)24;/h1-10,13H,11-12H2;1H/q+1;/p-1. The van der Waals surface area contributed by atoms with Crippen LogP contribution in [0, 0.1) is 0 Å². The lowest BCUT2D eigenvalue weighted by molar-refractivity contribution is -0.643. The number of benzene rings is 2. The lowest BCUT2D eigenvalue weighted by Gasteiger charge is -2.13. The van der Waals surface area contributed by atoms with E-state index >= 15 is 0 Å². The molecule has 3 heterocycles. The fraction of sp³-hybridized carbons (Fsp3) is 0.100. The summed E-state index contributed by atoms with van der Waals surface area (Å²) in [5, 5.41) is 4.49. The van der Waals surface area contributed by atoms with Crippen LogP contribution >= 0.6 is 11.6 Å². The fourth-order valence-electron chi connectivity index (χ4n) is 3.68. The highest BCUT2D eigenvalue weighted by Gasteiger charge is 2.34. The fourth-order valence-corrected chi connectivity index (χ4v) is 3.80. The van der Waals surface area contributed by atoms with Gasteiger partial charge >= 0.3 is 0 Å². The molecule has 1 aliphatic rings. The maximum Gasteiger partial charge on any atom is 0.291 e. The van der Waals surface area contributed by atoms with Crippen LogP contribution in [-0.4, -0.2) is 11.5 Å². The summed E-state index contributed by atoms with van der Waals surface area (Å²) in [6.07, 6.45) is 1.71. The molecule has 3 nitrogen and oxygen atoms in total. The van der Waals surface area contributed by atoms with Crippen molar-refractivity contribution in [3.8, 4) is 0 Å². The van der Waals surface area contributed by atoms with E-state index < -0.39 is 0 Å². The number of fused-ring (bicyclic) bond motifs is 6. The minimum absolute atomic E-state index is 0. The second-order valence-electron chi connectivity index (χ2n) is 6.02. The van der Waals surface area contributed by atoms with Gasteiger partial charge in [-0.1, -0.05) is 48.0 Å². The van der Waals surface area contributed by atoms with E-state index in [1.165, 1.54) is 27.5 Å². The van der Waals surface area contributed by atoms with Gasteiger partial charge in [0, 0.05) is 16.8 Å². The van der Waals surface area contributed by atoms with Gasteiger partial charge in [-0.3, -0.25) is 0 Å². The largest absolute Gasteiger partial charge is 1.00 e. The van der Waals surface area contributed by atoms with Gasteiger partial charge in [0.25, 0.3) is 5.82 Å². The predicted molar refractivity (Wildman–Crippen MR) is 97.9 cm³/mol. The van der Waals surface area contributed by atoms with Crippen molar-refractivity contribution in [2.24, 2.45) is 0 Å². The van der Waals surface area contributed by atoms with E-state index in [0.29, 0.717) is 5.02 Å². The Morgan fingerprint density at radius 3 is 2.36 bits per heavy atom. The molecule has 124 valence electrons. The van der Waals surface area contributed by atoms with E-state index in [-0.39, 0.29) is 17.0 Å². The molecule has 0 bridgehead atoms. The first-order chi connectivity index (χ1) is 11.8. The van der Waals surface area contributed by atoms with Gasteiger partial charge in [-0.25, -0.2) is 14.5 Å². The summed E-state index contributed by atoms with van der Waals surface area (Å²) in [6.45, 7) is 1.86. The molecule has 25 heavy (non-hydrogen) atoms. The summed E-state index contributed by atoms with van der Waals surface area (Å²) >= 11 is 6.01. The Hall–Kier alpha value is -2.17. The molecule has 2 aromatic heterocycles. The summed E-state index contributed by atoms with van der Waals surface area (Å²) in [7, 11) is 0. The van der Waals surface area contributed by atoms with Gasteiger partial charge in [-0.05, 0) is 18.2 Å². The van der Waals surface area contributed by atoms with Gasteiger partial charge in [0.15, 0.2) is 0 Å². The van der Waals surface area contributed by atoms with E-state index in [4.69, 9.17) is 11.6 Å². The molecule has 0 radical (unpaired) electrons. The number of hydrogen-bond acceptors (Lipinski definition) is 2. The van der Waals surface area contributed by atoms with Crippen molar-refractivity contribution in [2.75, 3.05) is 11.4 Å². The van der Waals surface area contributed by atoms with Crippen LogP contribution in [0.25, 0.3) is 21.7 Å². The van der Waals surface area contributed by atoms with Gasteiger partial charge in [-0.2, -0.15) is 0 Å². The Kier molecular flexibility index (Phi) is 4.10. The maximum atomic E-state index is 6.01. The minimum Gasteiger partial charge on any atom is -1.00 e. The van der Waals surface area contributed by atoms with Gasteiger partial charge in [0.1, 0.15) is 18.6 Å². The minimum atomic E-state index is 0. The summed E-state index contributed by atoms with van der Waals surface area (Å²) in [6, 6.07) is 21.1. The zero-order valence-electron chi connectivity index (χ0n) is 13.4. The molecule has 1 aliphatic heterocycles. The highest BCUT2D eigenvalue weighted by Crippen LogP contribution is 2.35. The second-order valence-corrected chi connectivity index (χ2v) is 6.46. The Bertz CT molecular complexity index is 1080. The molecule has 5 heteroatoms. The first-order valence-electron chi connectivity index (χ1n) is 8.05. The van der Waals surface area contributed by atoms with Crippen molar-refractivity contribution in [1.29, 1.82) is 0 Å². The van der Waals surface area contributed by atoms with Crippen molar-refractivity contribution in [3.05, 3.63) is 71.9 Å². The third-order valence-electron chi connectivity index (χ3n) is 4.70. The average Bonchev–Trinajstić information content (AvgIpc) is 3.08. The molecule has 0 atom stereocenters. The molecular formula is C20H15BrClN3. The van der Waals surface area contributed by atoms with Gasteiger partial charge < -0.3 is 17.0 Å². The first-order valence-corrected chi connectivity index (χ1v) is 8.43. The first kappa shape index (κ1) is 16.3. The maximum absolute atomic E-state index is 6.01. The highest BCUT2D eigenvalue weighted by atomic mass is 79.9. The molecule has 0 spiro atoms. The molecule has 0 aliphatic carbocycles. The summed E-state index contributed by atoms with van der Waals surface area (Å²) in [4.78, 5) is 6.81. The Morgan fingerprint density at radius 1 is 0.880 bits per heavy atom. The number of para-hydroxylation sites is 1. The highest BCUT2D eigenvalue weighted by molar-refractivity contribution is 6.30. The Balaban J connectivity index is 0.00000157. The van der Waals surface area contributed by atoms with Crippen LogP contribution in [-0.2, 0) is 6.54 Å². The monoisotopic (exact) mass is 411 g/mol. The normalized spacial score (nSPS) is 13.1. The second kappa shape index (κ2) is 6.28. The van der Waals surface area contributed by atoms with E-state index in [2.05, 4.69) is 63.0 Å². The van der Waals surface area contributed by atoms with E-state index in [9.17, 15) is 0 Å². The van der Waals surface area contributed by atoms with E-state index in [1.807, 2.05) is 12.1 Å². The third-order valence-corrected chi connectivity index (χ3v) is 4.92. The number of hydrogen-bond donors (Lipinski definition) is 0. The summed E-state index contributed by atoms with van der Waals surface area (Å²) in [5.74, 6) is 2.14. The molecule has 0 unspecified atom stereocenters. The van der Waals surface area contributed by atoms with E-state index in [0.717, 1.165) is 18.9 Å². The number of halogens is 2. The zero-order chi connectivity index (χ0) is 16.1. The molecule has 4 aromatic rings. The summed E-state index contributed by atoms with van der Waals surface area (Å²) < 4.78 is 2.40. The van der Waals surface area contributed by atoms with Crippen LogP contribution in [0.3, 0.4) is 0 Å². The van der Waals surface area contributed by atoms with Crippen molar-refractivity contribution >= 4 is 44.9 Å². The third kappa shape index (κ3) is 2.48. The van der Waals surface area contributed by atoms with Gasteiger partial charge in [0.2, 0.25) is 5.82 Å². The number of pyridine rings is 2. The average molecular weight is 413 g/mol. The van der Waals surface area contributed by atoms with Crippen LogP contribution in [0.4, 0.5) is 11.6 Å². The number of nitrogens with zero attached hydrogens (tertiary/aromatic N) is 3. The summed E-state index contributed by atoms with van der Waals surface area (Å²) in [5.41, 5.74) is 1.27. The topological polar surface area (TPSA) is 20.0 Å². The number of anilines is 2. The van der Waals surface area contributed by atoms with Crippen LogP contribution in [0.2, 0.25) is 5.02 Å². The van der Waals surface area contributed by atoms with Gasteiger partial charge in [-0.15, -0.1) is 0 Å². The van der Waals surface area contributed by atoms with Crippen LogP contribution < -0.4 is 26.4 Å². The molecular weight excluding hydrogens is 398 g/mol. The molecule has 5 rings (SSSR count). The van der Waals surface area contributed by atoms with E-state index in [1.54, 1.807) is 6.20 Å². The van der Waals surface area contributed by atoms with Gasteiger partial charge in [0.05, 0.1) is 16.6 Å². The molecule has 2 aromatic carbocycles. The lowest BCUT2D eigenvalue weighted by Crippen LogP contribution is -3.00. The molecule has 0 fully saturated rings. The molecule has 0 amide bonds. The quantitative estimate of drug-likeness (QED) is 0.349. The SMILES string of the molecule is Clc1ccc(N2CC[n+]3c2c2ccccc2c2ccccc23)nc1.[Br-]. The van der Waals surface area contributed by atoms with Crippen LogP contribution in [0.1, 0.15) is 0 Å².